The van der Waals surface area contributed by atoms with Crippen LogP contribution in [0.25, 0.3) is 0 Å². The van der Waals surface area contributed by atoms with E-state index in [0.29, 0.717) is 64.5 Å². The summed E-state index contributed by atoms with van der Waals surface area (Å²) >= 11 is 6.12. The second-order valence-electron chi connectivity index (χ2n) is 6.78. The topological polar surface area (TPSA) is 75.6 Å². The number of benzene rings is 1. The Morgan fingerprint density at radius 2 is 1.40 bits per heavy atom. The maximum absolute atomic E-state index is 13.1. The molecule has 0 amide bonds. The lowest BCUT2D eigenvalue weighted by Crippen LogP contribution is -2.40. The van der Waals surface area contributed by atoms with Gasteiger partial charge in [-0.25, -0.2) is 0 Å². The molecule has 30 heavy (non-hydrogen) atoms. The van der Waals surface area contributed by atoms with Crippen LogP contribution in [0.15, 0.2) is 18.2 Å². The molecule has 12 heteroatoms. The molecule has 1 N–H and O–H groups in total. The SMILES string of the molecule is FC(F)(F)c1ccc(Cl)c(Nc2nc(N3CCOCC3)nc(N3CCOCC3)n2)c1. The molecular weight excluding hydrogens is 425 g/mol. The number of halogens is 4. The van der Waals surface area contributed by atoms with Crippen molar-refractivity contribution in [3.8, 4) is 0 Å². The van der Waals surface area contributed by atoms with Crippen molar-refractivity contribution in [3.63, 3.8) is 0 Å². The van der Waals surface area contributed by atoms with Crippen molar-refractivity contribution in [2.75, 3.05) is 67.7 Å². The molecule has 2 aromatic rings. The van der Waals surface area contributed by atoms with Crippen LogP contribution in [-0.4, -0.2) is 67.6 Å². The van der Waals surface area contributed by atoms with Crippen molar-refractivity contribution >= 4 is 35.1 Å². The van der Waals surface area contributed by atoms with Gasteiger partial charge in [-0.3, -0.25) is 0 Å². The van der Waals surface area contributed by atoms with E-state index in [2.05, 4.69) is 20.3 Å². The Morgan fingerprint density at radius 3 is 1.90 bits per heavy atom. The minimum atomic E-state index is -4.49. The maximum atomic E-state index is 13.1. The maximum Gasteiger partial charge on any atom is 0.416 e. The van der Waals surface area contributed by atoms with Crippen LogP contribution in [0.3, 0.4) is 0 Å². The Morgan fingerprint density at radius 1 is 0.867 bits per heavy atom. The van der Waals surface area contributed by atoms with E-state index in [9.17, 15) is 13.2 Å². The third kappa shape index (κ3) is 4.85. The summed E-state index contributed by atoms with van der Waals surface area (Å²) in [5, 5.41) is 2.96. The van der Waals surface area contributed by atoms with Gasteiger partial charge in [-0.1, -0.05) is 11.6 Å². The van der Waals surface area contributed by atoms with Gasteiger partial charge in [0.05, 0.1) is 42.7 Å². The minimum Gasteiger partial charge on any atom is -0.378 e. The van der Waals surface area contributed by atoms with E-state index in [-0.39, 0.29) is 16.7 Å². The Hall–Kier alpha value is -2.37. The molecule has 0 spiro atoms. The first-order valence-electron chi connectivity index (χ1n) is 9.45. The lowest BCUT2D eigenvalue weighted by atomic mass is 10.2. The fraction of sp³-hybridized carbons (Fsp3) is 0.500. The summed E-state index contributed by atoms with van der Waals surface area (Å²) in [5.41, 5.74) is -0.746. The zero-order chi connectivity index (χ0) is 21.1. The second-order valence-corrected chi connectivity index (χ2v) is 7.18. The van der Waals surface area contributed by atoms with Crippen LogP contribution in [0.1, 0.15) is 5.56 Å². The van der Waals surface area contributed by atoms with E-state index in [1.807, 2.05) is 9.80 Å². The average molecular weight is 445 g/mol. The zero-order valence-electron chi connectivity index (χ0n) is 16.0. The van der Waals surface area contributed by atoms with E-state index in [0.717, 1.165) is 12.1 Å². The number of nitrogens with zero attached hydrogens (tertiary/aromatic N) is 5. The summed E-state index contributed by atoms with van der Waals surface area (Å²) in [7, 11) is 0. The smallest absolute Gasteiger partial charge is 0.378 e. The summed E-state index contributed by atoms with van der Waals surface area (Å²) in [6.45, 7) is 4.60. The molecule has 2 saturated heterocycles. The Bertz CT molecular complexity index is 852. The first-order valence-corrected chi connectivity index (χ1v) is 9.83. The first-order chi connectivity index (χ1) is 14.4. The normalized spacial score (nSPS) is 17.9. The summed E-state index contributed by atoms with van der Waals surface area (Å²) in [6.07, 6.45) is -4.49. The van der Waals surface area contributed by atoms with Crippen LogP contribution < -0.4 is 15.1 Å². The van der Waals surface area contributed by atoms with Gasteiger partial charge in [0.1, 0.15) is 0 Å². The van der Waals surface area contributed by atoms with Crippen molar-refractivity contribution in [3.05, 3.63) is 28.8 Å². The van der Waals surface area contributed by atoms with Gasteiger partial charge < -0.3 is 24.6 Å². The van der Waals surface area contributed by atoms with E-state index in [1.54, 1.807) is 0 Å². The number of hydrogen-bond acceptors (Lipinski definition) is 8. The van der Waals surface area contributed by atoms with Gasteiger partial charge in [0.2, 0.25) is 17.8 Å². The molecule has 162 valence electrons. The van der Waals surface area contributed by atoms with Crippen LogP contribution in [0.5, 0.6) is 0 Å². The predicted octanol–water partition coefficient (Wildman–Crippen LogP) is 2.96. The predicted molar refractivity (Wildman–Crippen MR) is 106 cm³/mol. The summed E-state index contributed by atoms with van der Waals surface area (Å²) < 4.78 is 50.1. The van der Waals surface area contributed by atoms with Crippen LogP contribution in [-0.2, 0) is 15.7 Å². The summed E-state index contributed by atoms with van der Waals surface area (Å²) in [6, 6.07) is 3.06. The molecule has 0 saturated carbocycles. The lowest BCUT2D eigenvalue weighted by Gasteiger charge is -2.30. The number of hydrogen-bond donors (Lipinski definition) is 1. The monoisotopic (exact) mass is 444 g/mol. The molecule has 0 radical (unpaired) electrons. The van der Waals surface area contributed by atoms with Gasteiger partial charge >= 0.3 is 6.18 Å². The molecular formula is C18H20ClF3N6O2. The summed E-state index contributed by atoms with van der Waals surface area (Å²) in [5.74, 6) is 0.981. The number of morpholine rings is 2. The molecule has 0 unspecified atom stereocenters. The molecule has 3 heterocycles. The zero-order valence-corrected chi connectivity index (χ0v) is 16.7. The van der Waals surface area contributed by atoms with Crippen LogP contribution in [0.2, 0.25) is 5.02 Å². The first kappa shape index (κ1) is 20.9. The van der Waals surface area contributed by atoms with Gasteiger partial charge in [0, 0.05) is 26.2 Å². The van der Waals surface area contributed by atoms with Crippen molar-refractivity contribution in [1.29, 1.82) is 0 Å². The van der Waals surface area contributed by atoms with E-state index in [1.165, 1.54) is 6.07 Å². The number of nitrogens with one attached hydrogen (secondary N) is 1. The third-order valence-electron chi connectivity index (χ3n) is 4.74. The van der Waals surface area contributed by atoms with Gasteiger partial charge in [-0.15, -0.1) is 0 Å². The molecule has 0 aliphatic carbocycles. The molecule has 0 atom stereocenters. The Labute approximate surface area is 176 Å². The van der Waals surface area contributed by atoms with Crippen LogP contribution >= 0.6 is 11.6 Å². The number of alkyl halides is 3. The number of anilines is 4. The standard InChI is InChI=1S/C18H20ClF3N6O2/c19-13-2-1-12(18(20,21)22)11-14(13)23-15-24-16(27-3-7-29-8-4-27)26-17(25-15)28-5-9-30-10-6-28/h1-2,11H,3-10H2,(H,23,24,25,26). The van der Waals surface area contributed by atoms with Crippen LogP contribution in [0.4, 0.5) is 36.7 Å². The fourth-order valence-electron chi connectivity index (χ4n) is 3.14. The molecule has 2 fully saturated rings. The number of aromatic nitrogens is 3. The van der Waals surface area contributed by atoms with E-state index in [4.69, 9.17) is 21.1 Å². The van der Waals surface area contributed by atoms with Crippen molar-refractivity contribution in [2.24, 2.45) is 0 Å². The van der Waals surface area contributed by atoms with Crippen molar-refractivity contribution < 1.29 is 22.6 Å². The highest BCUT2D eigenvalue weighted by atomic mass is 35.5. The number of rotatable bonds is 4. The Balaban J connectivity index is 1.68. The lowest BCUT2D eigenvalue weighted by molar-refractivity contribution is -0.137. The van der Waals surface area contributed by atoms with Gasteiger partial charge in [0.25, 0.3) is 0 Å². The Kier molecular flexibility index (Phi) is 6.11. The average Bonchev–Trinajstić information content (AvgIpc) is 2.75. The summed E-state index contributed by atoms with van der Waals surface area (Å²) in [4.78, 5) is 17.3. The molecule has 2 aliphatic rings. The highest BCUT2D eigenvalue weighted by Gasteiger charge is 2.31. The largest absolute Gasteiger partial charge is 0.416 e. The van der Waals surface area contributed by atoms with Crippen molar-refractivity contribution in [2.45, 2.75) is 6.18 Å². The van der Waals surface area contributed by atoms with Gasteiger partial charge in [-0.2, -0.15) is 28.1 Å². The highest BCUT2D eigenvalue weighted by Crippen LogP contribution is 2.35. The highest BCUT2D eigenvalue weighted by molar-refractivity contribution is 6.33. The molecule has 1 aromatic carbocycles. The van der Waals surface area contributed by atoms with Crippen molar-refractivity contribution in [1.82, 2.24) is 15.0 Å². The second kappa shape index (κ2) is 8.78. The van der Waals surface area contributed by atoms with E-state index < -0.39 is 11.7 Å². The minimum absolute atomic E-state index is 0.0681. The van der Waals surface area contributed by atoms with E-state index >= 15 is 0 Å². The molecule has 2 aliphatic heterocycles. The fourth-order valence-corrected chi connectivity index (χ4v) is 3.30. The van der Waals surface area contributed by atoms with Crippen LogP contribution in [0, 0.1) is 0 Å². The quantitative estimate of drug-likeness (QED) is 0.771. The molecule has 4 rings (SSSR count). The van der Waals surface area contributed by atoms with Gasteiger partial charge in [0.15, 0.2) is 0 Å². The molecule has 8 nitrogen and oxygen atoms in total. The third-order valence-corrected chi connectivity index (χ3v) is 5.07. The molecule has 0 bridgehead atoms. The molecule has 1 aromatic heterocycles. The number of ether oxygens (including phenoxy) is 2. The van der Waals surface area contributed by atoms with Gasteiger partial charge in [-0.05, 0) is 18.2 Å².